The summed E-state index contributed by atoms with van der Waals surface area (Å²) in [7, 11) is 0. The first-order valence-corrected chi connectivity index (χ1v) is 6.99. The number of para-hydroxylation sites is 2. The third-order valence-electron chi connectivity index (χ3n) is 3.38. The maximum absolute atomic E-state index is 12.1. The van der Waals surface area contributed by atoms with E-state index < -0.39 is 5.97 Å². The SMILES string of the molecule is C=C(C)C(=O)O[N+](CC)(c1ccccc1)c1ccccc1. The molecule has 0 bridgehead atoms. The van der Waals surface area contributed by atoms with Crippen molar-refractivity contribution in [3.63, 3.8) is 0 Å². The van der Waals surface area contributed by atoms with E-state index >= 15 is 0 Å². The van der Waals surface area contributed by atoms with E-state index in [0.717, 1.165) is 11.4 Å². The van der Waals surface area contributed by atoms with Gasteiger partial charge in [-0.05, 0) is 13.8 Å². The minimum Gasteiger partial charge on any atom is -0.261 e. The van der Waals surface area contributed by atoms with Gasteiger partial charge in [-0.15, -0.1) is 0 Å². The highest BCUT2D eigenvalue weighted by molar-refractivity contribution is 5.87. The number of carbonyl (C=O) groups excluding carboxylic acids is 1. The molecule has 0 saturated heterocycles. The molecule has 3 nitrogen and oxygen atoms in total. The highest BCUT2D eigenvalue weighted by Crippen LogP contribution is 2.35. The van der Waals surface area contributed by atoms with Crippen LogP contribution >= 0.6 is 0 Å². The molecule has 0 radical (unpaired) electrons. The summed E-state index contributed by atoms with van der Waals surface area (Å²) in [6.07, 6.45) is 0. The number of hydrogen-bond donors (Lipinski definition) is 0. The molecule has 2 rings (SSSR count). The second-order valence-electron chi connectivity index (χ2n) is 4.89. The predicted octanol–water partition coefficient (Wildman–Crippen LogP) is 4.38. The van der Waals surface area contributed by atoms with E-state index in [2.05, 4.69) is 6.58 Å². The van der Waals surface area contributed by atoms with Crippen molar-refractivity contribution < 1.29 is 9.63 Å². The fraction of sp³-hybridized carbons (Fsp3) is 0.167. The maximum Gasteiger partial charge on any atom is 0.393 e. The molecular weight excluding hydrogens is 262 g/mol. The molecule has 3 heteroatoms. The van der Waals surface area contributed by atoms with Crippen LogP contribution in [0.15, 0.2) is 72.8 Å². The summed E-state index contributed by atoms with van der Waals surface area (Å²) in [4.78, 5) is 17.9. The Bertz CT molecular complexity index is 581. The Hall–Kier alpha value is -2.39. The summed E-state index contributed by atoms with van der Waals surface area (Å²) in [5.74, 6) is -0.399. The number of benzene rings is 2. The molecule has 0 spiro atoms. The molecule has 0 unspecified atom stereocenters. The first-order chi connectivity index (χ1) is 10.1. The number of hydroxylamine groups is 1. The molecule has 0 N–H and O–H groups in total. The maximum atomic E-state index is 12.1. The zero-order valence-electron chi connectivity index (χ0n) is 12.5. The summed E-state index contributed by atoms with van der Waals surface area (Å²) in [5, 5.41) is 0. The van der Waals surface area contributed by atoms with Crippen molar-refractivity contribution in [2.75, 3.05) is 6.54 Å². The summed E-state index contributed by atoms with van der Waals surface area (Å²) in [6.45, 7) is 7.91. The molecule has 0 saturated carbocycles. The fourth-order valence-electron chi connectivity index (χ4n) is 2.24. The van der Waals surface area contributed by atoms with Gasteiger partial charge >= 0.3 is 5.97 Å². The quantitative estimate of drug-likeness (QED) is 0.462. The van der Waals surface area contributed by atoms with Crippen LogP contribution in [0.5, 0.6) is 0 Å². The lowest BCUT2D eigenvalue weighted by Gasteiger charge is -2.32. The van der Waals surface area contributed by atoms with E-state index in [1.54, 1.807) is 6.92 Å². The second-order valence-corrected chi connectivity index (χ2v) is 4.89. The van der Waals surface area contributed by atoms with Crippen LogP contribution < -0.4 is 4.65 Å². The van der Waals surface area contributed by atoms with Gasteiger partial charge in [0.05, 0.1) is 0 Å². The van der Waals surface area contributed by atoms with Gasteiger partial charge in [-0.25, -0.2) is 4.79 Å². The first-order valence-electron chi connectivity index (χ1n) is 6.99. The van der Waals surface area contributed by atoms with Crippen LogP contribution in [0.1, 0.15) is 13.8 Å². The molecular formula is C18H20NO2+. The minimum atomic E-state index is -0.399. The van der Waals surface area contributed by atoms with Gasteiger partial charge in [0, 0.05) is 29.8 Å². The molecule has 0 aliphatic rings. The summed E-state index contributed by atoms with van der Waals surface area (Å²) >= 11 is 0. The Morgan fingerprint density at radius 2 is 1.43 bits per heavy atom. The van der Waals surface area contributed by atoms with Gasteiger partial charge in [0.15, 0.2) is 11.4 Å². The Labute approximate surface area is 125 Å². The summed E-state index contributed by atoms with van der Waals surface area (Å²) in [6, 6.07) is 19.5. The lowest BCUT2D eigenvalue weighted by Crippen LogP contribution is -2.46. The van der Waals surface area contributed by atoms with Crippen LogP contribution in [0.25, 0.3) is 0 Å². The van der Waals surface area contributed by atoms with Crippen LogP contribution in [-0.2, 0) is 9.63 Å². The average Bonchev–Trinajstić information content (AvgIpc) is 2.54. The predicted molar refractivity (Wildman–Crippen MR) is 85.8 cm³/mol. The number of hydrogen-bond acceptors (Lipinski definition) is 2. The molecule has 108 valence electrons. The smallest absolute Gasteiger partial charge is 0.261 e. The van der Waals surface area contributed by atoms with Gasteiger partial charge in [0.1, 0.15) is 6.54 Å². The Morgan fingerprint density at radius 1 is 1.00 bits per heavy atom. The van der Waals surface area contributed by atoms with E-state index in [0.29, 0.717) is 12.1 Å². The van der Waals surface area contributed by atoms with Crippen LogP contribution in [0.2, 0.25) is 0 Å². The monoisotopic (exact) mass is 282 g/mol. The zero-order valence-corrected chi connectivity index (χ0v) is 12.5. The van der Waals surface area contributed by atoms with Crippen molar-refractivity contribution in [3.8, 4) is 0 Å². The molecule has 0 atom stereocenters. The molecule has 0 heterocycles. The molecule has 0 amide bonds. The largest absolute Gasteiger partial charge is 0.393 e. The van der Waals surface area contributed by atoms with Crippen molar-refractivity contribution in [1.29, 1.82) is 0 Å². The van der Waals surface area contributed by atoms with Gasteiger partial charge in [-0.1, -0.05) is 47.6 Å². The number of carbonyl (C=O) groups is 1. The number of rotatable bonds is 5. The average molecular weight is 282 g/mol. The van der Waals surface area contributed by atoms with E-state index in [9.17, 15) is 4.79 Å². The van der Waals surface area contributed by atoms with Crippen molar-refractivity contribution in [1.82, 2.24) is 4.65 Å². The van der Waals surface area contributed by atoms with E-state index in [1.165, 1.54) is 0 Å². The summed E-state index contributed by atoms with van der Waals surface area (Å²) < 4.78 is 0.0212. The number of quaternary nitrogens is 1. The molecule has 0 fully saturated rings. The van der Waals surface area contributed by atoms with Gasteiger partial charge < -0.3 is 0 Å². The third-order valence-corrected chi connectivity index (χ3v) is 3.38. The summed E-state index contributed by atoms with van der Waals surface area (Å²) in [5.41, 5.74) is 2.19. The van der Waals surface area contributed by atoms with Gasteiger partial charge in [0.2, 0.25) is 0 Å². The minimum absolute atomic E-state index is 0.0212. The Kier molecular flexibility index (Phi) is 4.55. The molecule has 2 aromatic carbocycles. The van der Waals surface area contributed by atoms with Crippen molar-refractivity contribution in [3.05, 3.63) is 72.8 Å². The van der Waals surface area contributed by atoms with Crippen molar-refractivity contribution in [2.24, 2.45) is 0 Å². The zero-order chi connectivity index (χ0) is 15.3. The van der Waals surface area contributed by atoms with Gasteiger partial charge in [-0.2, -0.15) is 0 Å². The highest BCUT2D eigenvalue weighted by atomic mass is 16.7. The van der Waals surface area contributed by atoms with Crippen LogP contribution in [0.4, 0.5) is 11.4 Å². The molecule has 0 aliphatic carbocycles. The van der Waals surface area contributed by atoms with E-state index in [4.69, 9.17) is 4.84 Å². The lowest BCUT2D eigenvalue weighted by molar-refractivity contribution is -0.167. The molecule has 0 aromatic heterocycles. The van der Waals surface area contributed by atoms with E-state index in [1.807, 2.05) is 67.6 Å². The van der Waals surface area contributed by atoms with E-state index in [-0.39, 0.29) is 4.65 Å². The van der Waals surface area contributed by atoms with Gasteiger partial charge in [0.25, 0.3) is 0 Å². The fourth-order valence-corrected chi connectivity index (χ4v) is 2.24. The molecule has 0 aliphatic heterocycles. The standard InChI is InChI=1S/C18H20NO2/c1-4-19(21-18(20)15(2)3,16-11-7-5-8-12-16)17-13-9-6-10-14-17/h5-14H,2,4H2,1,3H3/q+1. The molecule has 21 heavy (non-hydrogen) atoms. The first kappa shape index (κ1) is 15.0. The topological polar surface area (TPSA) is 26.3 Å². The van der Waals surface area contributed by atoms with Crippen molar-refractivity contribution >= 4 is 17.3 Å². The third kappa shape index (κ3) is 3.03. The van der Waals surface area contributed by atoms with Crippen LogP contribution in [0, 0.1) is 0 Å². The van der Waals surface area contributed by atoms with Gasteiger partial charge in [-0.3, -0.25) is 4.84 Å². The number of nitrogens with zero attached hydrogens (tertiary/aromatic N) is 1. The Morgan fingerprint density at radius 3 is 1.76 bits per heavy atom. The second kappa shape index (κ2) is 6.37. The highest BCUT2D eigenvalue weighted by Gasteiger charge is 2.37. The van der Waals surface area contributed by atoms with Crippen LogP contribution in [0.3, 0.4) is 0 Å². The Balaban J connectivity index is 2.57. The normalized spacial score (nSPS) is 11.0. The lowest BCUT2D eigenvalue weighted by atomic mass is 10.2. The van der Waals surface area contributed by atoms with Crippen LogP contribution in [-0.4, -0.2) is 12.5 Å². The molecule has 2 aromatic rings. The van der Waals surface area contributed by atoms with Crippen molar-refractivity contribution in [2.45, 2.75) is 13.8 Å².